The molecule has 2 atom stereocenters. The molecule has 2 aliphatic rings. The van der Waals surface area contributed by atoms with Crippen molar-refractivity contribution < 1.29 is 9.84 Å². The molecular weight excluding hydrogens is 320 g/mol. The lowest BCUT2D eigenvalue weighted by atomic mass is 9.84. The van der Waals surface area contributed by atoms with E-state index in [4.69, 9.17) is 17.0 Å². The van der Waals surface area contributed by atoms with E-state index >= 15 is 0 Å². The molecule has 132 valence electrons. The summed E-state index contributed by atoms with van der Waals surface area (Å²) < 4.78 is 5.83. The Bertz CT molecular complexity index is 587. The van der Waals surface area contributed by atoms with Crippen LogP contribution in [0.1, 0.15) is 39.2 Å². The monoisotopic (exact) mass is 348 g/mol. The molecule has 0 spiro atoms. The van der Waals surface area contributed by atoms with Gasteiger partial charge in [0.1, 0.15) is 5.60 Å². The molecule has 1 N–H and O–H groups in total. The summed E-state index contributed by atoms with van der Waals surface area (Å²) in [6.45, 7) is 9.38. The van der Waals surface area contributed by atoms with Gasteiger partial charge in [-0.2, -0.15) is 0 Å². The first-order valence-corrected chi connectivity index (χ1v) is 9.16. The molecule has 1 aromatic rings. The highest BCUT2D eigenvalue weighted by atomic mass is 32.1. The number of hydrogen-bond acceptors (Lipinski definition) is 4. The lowest BCUT2D eigenvalue weighted by Crippen LogP contribution is -2.64. The fraction of sp³-hybridized carbons (Fsp3) is 0.632. The van der Waals surface area contributed by atoms with Crippen LogP contribution >= 0.6 is 12.2 Å². The number of hydrogen-bond donors (Lipinski definition) is 1. The first-order valence-electron chi connectivity index (χ1n) is 8.75. The first kappa shape index (κ1) is 17.6. The zero-order valence-electron chi connectivity index (χ0n) is 14.9. The minimum absolute atomic E-state index is 0.0770. The Morgan fingerprint density at radius 1 is 1.29 bits per heavy atom. The van der Waals surface area contributed by atoms with Gasteiger partial charge in [0.25, 0.3) is 5.17 Å². The minimum Gasteiger partial charge on any atom is -0.465 e. The number of nitrogens with zero attached hydrogens (tertiary/aromatic N) is 2. The molecule has 0 aliphatic carbocycles. The van der Waals surface area contributed by atoms with E-state index in [0.29, 0.717) is 11.7 Å². The van der Waals surface area contributed by atoms with Crippen molar-refractivity contribution in [3.8, 4) is 0 Å². The zero-order valence-corrected chi connectivity index (χ0v) is 15.7. The molecule has 3 rings (SSSR count). The summed E-state index contributed by atoms with van der Waals surface area (Å²) >= 11 is 5.45. The van der Waals surface area contributed by atoms with Crippen molar-refractivity contribution in [3.05, 3.63) is 35.9 Å². The maximum Gasteiger partial charge on any atom is 0.260 e. The largest absolute Gasteiger partial charge is 0.465 e. The summed E-state index contributed by atoms with van der Waals surface area (Å²) in [5.41, 5.74) is 0.298. The summed E-state index contributed by atoms with van der Waals surface area (Å²) in [6.07, 6.45) is 1.77. The molecule has 2 fully saturated rings. The highest BCUT2D eigenvalue weighted by molar-refractivity contribution is 7.80. The van der Waals surface area contributed by atoms with Crippen LogP contribution in [0.25, 0.3) is 0 Å². The van der Waals surface area contributed by atoms with Crippen LogP contribution in [0, 0.1) is 0 Å². The minimum atomic E-state index is -0.696. The van der Waals surface area contributed by atoms with Crippen LogP contribution in [0.2, 0.25) is 0 Å². The Labute approximate surface area is 150 Å². The molecule has 5 heteroatoms. The Kier molecular flexibility index (Phi) is 4.87. The van der Waals surface area contributed by atoms with Crippen LogP contribution in [0.4, 0.5) is 0 Å². The van der Waals surface area contributed by atoms with Gasteiger partial charge in [-0.3, -0.25) is 4.90 Å². The fourth-order valence-electron chi connectivity index (χ4n) is 3.63. The third-order valence-electron chi connectivity index (χ3n) is 4.88. The predicted molar refractivity (Wildman–Crippen MR) is 99.8 cm³/mol. The average Bonchev–Trinajstić information content (AvgIpc) is 2.77. The van der Waals surface area contributed by atoms with Crippen molar-refractivity contribution in [2.24, 2.45) is 0 Å². The number of likely N-dealkylation sites (tertiary alicyclic amines) is 2. The van der Waals surface area contributed by atoms with Gasteiger partial charge >= 0.3 is 0 Å². The topological polar surface area (TPSA) is 35.9 Å². The summed E-state index contributed by atoms with van der Waals surface area (Å²) in [7, 11) is 0. The quantitative estimate of drug-likeness (QED) is 0.850. The zero-order chi connectivity index (χ0) is 17.4. The summed E-state index contributed by atoms with van der Waals surface area (Å²) in [6, 6.07) is 10.5. The molecule has 1 aromatic carbocycles. The van der Waals surface area contributed by atoms with Gasteiger partial charge in [0, 0.05) is 26.2 Å². The van der Waals surface area contributed by atoms with Gasteiger partial charge in [0.15, 0.2) is 0 Å². The highest BCUT2D eigenvalue weighted by Crippen LogP contribution is 2.36. The second-order valence-electron chi connectivity index (χ2n) is 8.03. The van der Waals surface area contributed by atoms with Gasteiger partial charge in [-0.05, 0) is 51.4 Å². The Hall–Kier alpha value is -1.17. The van der Waals surface area contributed by atoms with Crippen molar-refractivity contribution in [3.63, 3.8) is 0 Å². The van der Waals surface area contributed by atoms with Gasteiger partial charge in [-0.25, -0.2) is 0 Å². The average molecular weight is 349 g/mol. The van der Waals surface area contributed by atoms with Crippen LogP contribution in [-0.2, 0) is 11.3 Å². The maximum atomic E-state index is 11.2. The number of β-amino-alcohol motifs (C(OH)–C–C–N with tert-alkyl or cyclic N) is 1. The smallest absolute Gasteiger partial charge is 0.260 e. The predicted octanol–water partition coefficient (Wildman–Crippen LogP) is 2.80. The third-order valence-corrected chi connectivity index (χ3v) is 5.19. The molecule has 4 nitrogen and oxygen atoms in total. The van der Waals surface area contributed by atoms with E-state index < -0.39 is 5.60 Å². The number of aliphatic hydroxyl groups is 1. The Morgan fingerprint density at radius 3 is 2.58 bits per heavy atom. The molecule has 2 heterocycles. The van der Waals surface area contributed by atoms with E-state index in [1.807, 2.05) is 26.8 Å². The molecule has 0 amide bonds. The molecule has 2 unspecified atom stereocenters. The molecule has 2 aliphatic heterocycles. The number of rotatable bonds is 3. The van der Waals surface area contributed by atoms with Crippen LogP contribution in [0.15, 0.2) is 30.3 Å². The SMILES string of the molecule is CC(C)(C)OC(=S)N1CCC1C1(O)CCN(Cc2ccccc2)C1. The Balaban J connectivity index is 1.59. The molecule has 0 radical (unpaired) electrons. The van der Waals surface area contributed by atoms with Gasteiger partial charge in [-0.15, -0.1) is 0 Å². The first-order chi connectivity index (χ1) is 11.3. The lowest BCUT2D eigenvalue weighted by molar-refractivity contribution is -0.0691. The molecular formula is C19H28N2O2S. The maximum absolute atomic E-state index is 11.2. The number of ether oxygens (including phenoxy) is 1. The highest BCUT2D eigenvalue weighted by Gasteiger charge is 2.50. The summed E-state index contributed by atoms with van der Waals surface area (Å²) in [5, 5.41) is 11.7. The van der Waals surface area contributed by atoms with E-state index in [-0.39, 0.29) is 11.6 Å². The van der Waals surface area contributed by atoms with E-state index in [1.165, 1.54) is 5.56 Å². The normalized spacial score (nSPS) is 27.8. The standard InChI is InChI=1S/C19H28N2O2S/c1-18(2,3)23-17(24)21-11-9-16(21)19(22)10-12-20(14-19)13-15-7-5-4-6-8-15/h4-8,16,22H,9-14H2,1-3H3. The van der Waals surface area contributed by atoms with Gasteiger partial charge < -0.3 is 14.7 Å². The van der Waals surface area contributed by atoms with Gasteiger partial charge in [0.05, 0.1) is 11.6 Å². The van der Waals surface area contributed by atoms with Crippen molar-refractivity contribution in [2.45, 2.75) is 57.4 Å². The molecule has 2 saturated heterocycles. The van der Waals surface area contributed by atoms with Crippen molar-refractivity contribution in [1.82, 2.24) is 9.80 Å². The van der Waals surface area contributed by atoms with Crippen LogP contribution in [0.5, 0.6) is 0 Å². The Morgan fingerprint density at radius 2 is 2.00 bits per heavy atom. The van der Waals surface area contributed by atoms with E-state index in [0.717, 1.165) is 32.5 Å². The van der Waals surface area contributed by atoms with Gasteiger partial charge in [0.2, 0.25) is 0 Å². The number of thiocarbonyl (C=S) groups is 1. The molecule has 0 aromatic heterocycles. The summed E-state index contributed by atoms with van der Waals surface area (Å²) in [4.78, 5) is 4.39. The second-order valence-corrected chi connectivity index (χ2v) is 8.38. The second kappa shape index (κ2) is 6.62. The number of benzene rings is 1. The van der Waals surface area contributed by atoms with Crippen LogP contribution in [-0.4, -0.2) is 57.0 Å². The van der Waals surface area contributed by atoms with Crippen molar-refractivity contribution >= 4 is 17.4 Å². The summed E-state index contributed by atoms with van der Waals surface area (Å²) in [5.74, 6) is 0. The van der Waals surface area contributed by atoms with Crippen LogP contribution < -0.4 is 0 Å². The molecule has 0 saturated carbocycles. The van der Waals surface area contributed by atoms with E-state index in [1.54, 1.807) is 0 Å². The van der Waals surface area contributed by atoms with Gasteiger partial charge in [-0.1, -0.05) is 30.3 Å². The van der Waals surface area contributed by atoms with E-state index in [2.05, 4.69) is 34.1 Å². The fourth-order valence-corrected chi connectivity index (χ4v) is 4.10. The van der Waals surface area contributed by atoms with Crippen molar-refractivity contribution in [1.29, 1.82) is 0 Å². The third kappa shape index (κ3) is 3.90. The van der Waals surface area contributed by atoms with Crippen LogP contribution in [0.3, 0.4) is 0 Å². The lowest BCUT2D eigenvalue weighted by Gasteiger charge is -2.49. The molecule has 24 heavy (non-hydrogen) atoms. The molecule has 0 bridgehead atoms. The van der Waals surface area contributed by atoms with Crippen molar-refractivity contribution in [2.75, 3.05) is 19.6 Å². The van der Waals surface area contributed by atoms with E-state index in [9.17, 15) is 5.11 Å².